The van der Waals surface area contributed by atoms with Gasteiger partial charge in [-0.25, -0.2) is 0 Å². The monoisotopic (exact) mass is 173 g/mol. The third kappa shape index (κ3) is 7.54. The predicted molar refractivity (Wildman–Crippen MR) is 48.8 cm³/mol. The summed E-state index contributed by atoms with van der Waals surface area (Å²) >= 11 is 0. The van der Waals surface area contributed by atoms with E-state index < -0.39 is 0 Å². The lowest BCUT2D eigenvalue weighted by Crippen LogP contribution is -2.30. The minimum Gasteiger partial charge on any atom is -0.391 e. The lowest BCUT2D eigenvalue weighted by atomic mass is 10.1. The lowest BCUT2D eigenvalue weighted by molar-refractivity contribution is -0.119. The van der Waals surface area contributed by atoms with Crippen LogP contribution in [-0.4, -0.2) is 23.7 Å². The second-order valence-corrected chi connectivity index (χ2v) is 3.09. The van der Waals surface area contributed by atoms with E-state index in [1.807, 2.05) is 0 Å². The van der Waals surface area contributed by atoms with Gasteiger partial charge in [-0.2, -0.15) is 0 Å². The summed E-state index contributed by atoms with van der Waals surface area (Å²) in [4.78, 5) is 10.5. The van der Waals surface area contributed by atoms with Crippen molar-refractivity contribution < 1.29 is 9.90 Å². The molecule has 1 unspecified atom stereocenters. The van der Waals surface area contributed by atoms with Crippen LogP contribution in [0.5, 0.6) is 0 Å². The van der Waals surface area contributed by atoms with E-state index in [0.717, 1.165) is 25.7 Å². The number of aliphatic hydroxyl groups excluding tert-OH is 1. The first-order chi connectivity index (χ1) is 5.66. The minimum absolute atomic E-state index is 0.0791. The summed E-state index contributed by atoms with van der Waals surface area (Å²) in [6, 6.07) is 0. The maximum Gasteiger partial charge on any atom is 0.216 e. The number of rotatable bonds is 6. The molecule has 0 bridgehead atoms. The molecule has 0 aliphatic rings. The molecule has 3 nitrogen and oxygen atoms in total. The third-order valence-corrected chi connectivity index (χ3v) is 1.73. The van der Waals surface area contributed by atoms with Crippen molar-refractivity contribution in [1.82, 2.24) is 5.32 Å². The average Bonchev–Trinajstić information content (AvgIpc) is 2.01. The Morgan fingerprint density at radius 2 is 2.17 bits per heavy atom. The van der Waals surface area contributed by atoms with Crippen molar-refractivity contribution in [2.24, 2.45) is 0 Å². The van der Waals surface area contributed by atoms with Crippen LogP contribution in [0.1, 0.15) is 39.5 Å². The number of carbonyl (C=O) groups is 1. The standard InChI is InChI=1S/C9H19NO2/c1-3-4-5-6-9(12)7-10-8(2)11/h9,12H,3-7H2,1-2H3,(H,10,11). The molecule has 0 rings (SSSR count). The first-order valence-corrected chi connectivity index (χ1v) is 4.59. The van der Waals surface area contributed by atoms with E-state index in [-0.39, 0.29) is 12.0 Å². The van der Waals surface area contributed by atoms with Crippen LogP contribution < -0.4 is 5.32 Å². The highest BCUT2D eigenvalue weighted by Gasteiger charge is 2.03. The Morgan fingerprint density at radius 1 is 1.50 bits per heavy atom. The van der Waals surface area contributed by atoms with Crippen molar-refractivity contribution in [2.75, 3.05) is 6.54 Å². The van der Waals surface area contributed by atoms with Gasteiger partial charge in [0, 0.05) is 13.5 Å². The molecule has 0 saturated heterocycles. The highest BCUT2D eigenvalue weighted by Crippen LogP contribution is 2.02. The molecule has 0 heterocycles. The third-order valence-electron chi connectivity index (χ3n) is 1.73. The van der Waals surface area contributed by atoms with Crippen LogP contribution in [-0.2, 0) is 4.79 Å². The van der Waals surface area contributed by atoms with Gasteiger partial charge in [0.2, 0.25) is 5.91 Å². The smallest absolute Gasteiger partial charge is 0.216 e. The molecule has 3 heteroatoms. The molecule has 0 aromatic carbocycles. The van der Waals surface area contributed by atoms with E-state index in [9.17, 15) is 9.90 Å². The fourth-order valence-corrected chi connectivity index (χ4v) is 0.994. The van der Waals surface area contributed by atoms with Gasteiger partial charge in [0.05, 0.1) is 6.10 Å². The van der Waals surface area contributed by atoms with Crippen LogP contribution in [0.2, 0.25) is 0 Å². The van der Waals surface area contributed by atoms with E-state index in [4.69, 9.17) is 0 Å². The highest BCUT2D eigenvalue weighted by molar-refractivity contribution is 5.72. The molecule has 2 N–H and O–H groups in total. The Kier molecular flexibility index (Phi) is 6.76. The molecule has 0 saturated carbocycles. The number of hydrogen-bond acceptors (Lipinski definition) is 2. The van der Waals surface area contributed by atoms with Gasteiger partial charge in [-0.1, -0.05) is 26.2 Å². The lowest BCUT2D eigenvalue weighted by Gasteiger charge is -2.09. The minimum atomic E-state index is -0.375. The zero-order valence-electron chi connectivity index (χ0n) is 7.97. The molecule has 0 aliphatic carbocycles. The van der Waals surface area contributed by atoms with Crippen LogP contribution in [0.3, 0.4) is 0 Å². The Morgan fingerprint density at radius 3 is 2.67 bits per heavy atom. The van der Waals surface area contributed by atoms with E-state index in [0.29, 0.717) is 6.54 Å². The second-order valence-electron chi connectivity index (χ2n) is 3.09. The quantitative estimate of drug-likeness (QED) is 0.590. The summed E-state index contributed by atoms with van der Waals surface area (Å²) in [5.41, 5.74) is 0. The molecule has 1 amide bonds. The fourth-order valence-electron chi connectivity index (χ4n) is 0.994. The summed E-state index contributed by atoms with van der Waals surface area (Å²) in [6.07, 6.45) is 3.76. The molecule has 0 aliphatic heterocycles. The molecule has 1 atom stereocenters. The summed E-state index contributed by atoms with van der Waals surface area (Å²) in [5.74, 6) is -0.0791. The molecular formula is C9H19NO2. The predicted octanol–water partition coefficient (Wildman–Crippen LogP) is 1.06. The molecule has 0 aromatic heterocycles. The number of amides is 1. The Balaban J connectivity index is 3.21. The largest absolute Gasteiger partial charge is 0.391 e. The maximum absolute atomic E-state index is 10.5. The second kappa shape index (κ2) is 7.10. The molecule has 0 aromatic rings. The first kappa shape index (κ1) is 11.4. The number of nitrogens with one attached hydrogen (secondary N) is 1. The van der Waals surface area contributed by atoms with Crippen molar-refractivity contribution in [3.8, 4) is 0 Å². The van der Waals surface area contributed by atoms with Gasteiger partial charge >= 0.3 is 0 Å². The summed E-state index contributed by atoms with van der Waals surface area (Å²) < 4.78 is 0. The van der Waals surface area contributed by atoms with Crippen molar-refractivity contribution in [3.63, 3.8) is 0 Å². The van der Waals surface area contributed by atoms with E-state index in [2.05, 4.69) is 12.2 Å². The molecule has 0 fully saturated rings. The maximum atomic E-state index is 10.5. The van der Waals surface area contributed by atoms with Crippen molar-refractivity contribution in [2.45, 2.75) is 45.6 Å². The molecule has 72 valence electrons. The molecule has 12 heavy (non-hydrogen) atoms. The van der Waals surface area contributed by atoms with Crippen molar-refractivity contribution in [3.05, 3.63) is 0 Å². The average molecular weight is 173 g/mol. The van der Waals surface area contributed by atoms with Crippen LogP contribution in [0.25, 0.3) is 0 Å². The number of hydrogen-bond donors (Lipinski definition) is 2. The van der Waals surface area contributed by atoms with Crippen LogP contribution in [0.4, 0.5) is 0 Å². The summed E-state index contributed by atoms with van der Waals surface area (Å²) in [7, 11) is 0. The van der Waals surface area contributed by atoms with E-state index >= 15 is 0 Å². The van der Waals surface area contributed by atoms with Crippen molar-refractivity contribution in [1.29, 1.82) is 0 Å². The number of carbonyl (C=O) groups excluding carboxylic acids is 1. The highest BCUT2D eigenvalue weighted by atomic mass is 16.3. The Labute approximate surface area is 74.2 Å². The van der Waals surface area contributed by atoms with Gasteiger partial charge in [-0.3, -0.25) is 4.79 Å². The normalized spacial score (nSPS) is 12.6. The van der Waals surface area contributed by atoms with Gasteiger partial charge in [0.25, 0.3) is 0 Å². The zero-order chi connectivity index (χ0) is 9.40. The van der Waals surface area contributed by atoms with Gasteiger partial charge in [-0.05, 0) is 6.42 Å². The first-order valence-electron chi connectivity index (χ1n) is 4.59. The number of aliphatic hydroxyl groups is 1. The van der Waals surface area contributed by atoms with Gasteiger partial charge < -0.3 is 10.4 Å². The fraction of sp³-hybridized carbons (Fsp3) is 0.889. The van der Waals surface area contributed by atoms with Crippen LogP contribution in [0.15, 0.2) is 0 Å². The summed E-state index contributed by atoms with van der Waals surface area (Å²) in [5, 5.41) is 11.9. The number of unbranched alkanes of at least 4 members (excludes halogenated alkanes) is 2. The van der Waals surface area contributed by atoms with Gasteiger partial charge in [0.1, 0.15) is 0 Å². The summed E-state index contributed by atoms with van der Waals surface area (Å²) in [6.45, 7) is 3.97. The molecule has 0 radical (unpaired) electrons. The van der Waals surface area contributed by atoms with E-state index in [1.165, 1.54) is 6.92 Å². The Hall–Kier alpha value is -0.570. The van der Waals surface area contributed by atoms with E-state index in [1.54, 1.807) is 0 Å². The topological polar surface area (TPSA) is 49.3 Å². The van der Waals surface area contributed by atoms with Crippen LogP contribution >= 0.6 is 0 Å². The van der Waals surface area contributed by atoms with Gasteiger partial charge in [-0.15, -0.1) is 0 Å². The Bertz CT molecular complexity index is 126. The molecule has 0 spiro atoms. The SMILES string of the molecule is CCCCCC(O)CNC(C)=O. The van der Waals surface area contributed by atoms with Gasteiger partial charge in [0.15, 0.2) is 0 Å². The zero-order valence-corrected chi connectivity index (χ0v) is 7.97. The van der Waals surface area contributed by atoms with Crippen LogP contribution in [0, 0.1) is 0 Å². The molecular weight excluding hydrogens is 154 g/mol. The van der Waals surface area contributed by atoms with Crippen molar-refractivity contribution >= 4 is 5.91 Å².